The molecule has 1 aromatic carbocycles. The van der Waals surface area contributed by atoms with Crippen LogP contribution in [0.1, 0.15) is 13.8 Å². The van der Waals surface area contributed by atoms with Crippen LogP contribution >= 0.6 is 47.1 Å². The van der Waals surface area contributed by atoms with Crippen LogP contribution in [0.4, 0.5) is 5.69 Å². The van der Waals surface area contributed by atoms with Crippen LogP contribution in [0.2, 0.25) is 10.0 Å². The van der Waals surface area contributed by atoms with Crippen molar-refractivity contribution < 1.29 is 4.79 Å². The number of benzene rings is 1. The van der Waals surface area contributed by atoms with Gasteiger partial charge in [-0.3, -0.25) is 4.79 Å². The number of carbonyl (C=O) groups is 1. The predicted molar refractivity (Wildman–Crippen MR) is 86.6 cm³/mol. The van der Waals surface area contributed by atoms with Crippen molar-refractivity contribution >= 4 is 74.8 Å². The van der Waals surface area contributed by atoms with Gasteiger partial charge in [-0.25, -0.2) is 0 Å². The number of aromatic nitrogens is 2. The molecule has 0 fully saturated rings. The monoisotopic (exact) mass is 348 g/mol. The summed E-state index contributed by atoms with van der Waals surface area (Å²) < 4.78 is 8.17. The molecule has 5 nitrogen and oxygen atoms in total. The minimum Gasteiger partial charge on any atom is -0.392 e. The van der Waals surface area contributed by atoms with Gasteiger partial charge in [0.1, 0.15) is 11.0 Å². The van der Waals surface area contributed by atoms with Crippen LogP contribution in [0.25, 0.3) is 11.0 Å². The van der Waals surface area contributed by atoms with Gasteiger partial charge in [-0.15, -0.1) is 0 Å². The smallest absolute Gasteiger partial charge is 0.236 e. The summed E-state index contributed by atoms with van der Waals surface area (Å²) in [6.07, 6.45) is 0. The Morgan fingerprint density at radius 3 is 2.55 bits per heavy atom. The number of amides is 1. The largest absolute Gasteiger partial charge is 0.392 e. The molecule has 1 heterocycles. The molecule has 106 valence electrons. The van der Waals surface area contributed by atoms with E-state index in [1.807, 2.05) is 0 Å². The lowest BCUT2D eigenvalue weighted by molar-refractivity contribution is -0.121. The molecule has 20 heavy (non-hydrogen) atoms. The van der Waals surface area contributed by atoms with Gasteiger partial charge in [-0.2, -0.15) is 8.75 Å². The number of nitrogens with zero attached hydrogens (tertiary/aromatic N) is 2. The van der Waals surface area contributed by atoms with Gasteiger partial charge in [0, 0.05) is 0 Å². The average molecular weight is 349 g/mol. The Labute approximate surface area is 134 Å². The van der Waals surface area contributed by atoms with Crippen LogP contribution in [-0.4, -0.2) is 19.6 Å². The SMILES string of the molecule is CC(C)(C(=O)Nc1c(Cl)cc(Cl)c2nsnc12)C(N)=S. The Kier molecular flexibility index (Phi) is 4.15. The van der Waals surface area contributed by atoms with E-state index in [0.29, 0.717) is 21.7 Å². The van der Waals surface area contributed by atoms with Crippen molar-refractivity contribution in [1.29, 1.82) is 0 Å². The van der Waals surface area contributed by atoms with Crippen LogP contribution in [0.3, 0.4) is 0 Å². The van der Waals surface area contributed by atoms with Gasteiger partial charge in [0.25, 0.3) is 0 Å². The second-order valence-electron chi connectivity index (χ2n) is 4.62. The third-order valence-electron chi connectivity index (χ3n) is 2.87. The minimum atomic E-state index is -1.01. The van der Waals surface area contributed by atoms with E-state index >= 15 is 0 Å². The molecule has 0 saturated heterocycles. The summed E-state index contributed by atoms with van der Waals surface area (Å²) >= 11 is 18.0. The lowest BCUT2D eigenvalue weighted by Crippen LogP contribution is -2.41. The van der Waals surface area contributed by atoms with Crippen molar-refractivity contribution in [2.45, 2.75) is 13.8 Å². The van der Waals surface area contributed by atoms with E-state index in [1.54, 1.807) is 13.8 Å². The van der Waals surface area contributed by atoms with Crippen LogP contribution in [0, 0.1) is 5.41 Å². The van der Waals surface area contributed by atoms with Crippen LogP contribution in [0.15, 0.2) is 6.07 Å². The Hall–Kier alpha value is -1.02. The van der Waals surface area contributed by atoms with Gasteiger partial charge in [0.15, 0.2) is 0 Å². The number of fused-ring (bicyclic) bond motifs is 1. The third-order valence-corrected chi connectivity index (χ3v) is 4.49. The fraction of sp³-hybridized carbons (Fsp3) is 0.273. The second-order valence-corrected chi connectivity index (χ2v) is 6.40. The molecular formula is C11H10Cl2N4OS2. The summed E-state index contributed by atoms with van der Waals surface area (Å²) in [4.78, 5) is 12.4. The number of halogens is 2. The first-order valence-corrected chi connectivity index (χ1v) is 7.36. The molecule has 2 rings (SSSR count). The molecule has 0 aliphatic heterocycles. The molecule has 0 aliphatic carbocycles. The molecule has 0 bridgehead atoms. The van der Waals surface area contributed by atoms with Crippen molar-refractivity contribution in [3.8, 4) is 0 Å². The number of nitrogens with two attached hydrogens (primary N) is 1. The highest BCUT2D eigenvalue weighted by atomic mass is 35.5. The van der Waals surface area contributed by atoms with E-state index < -0.39 is 5.41 Å². The van der Waals surface area contributed by atoms with Gasteiger partial charge < -0.3 is 11.1 Å². The van der Waals surface area contributed by atoms with Crippen LogP contribution < -0.4 is 11.1 Å². The van der Waals surface area contributed by atoms with Crippen molar-refractivity contribution in [2.75, 3.05) is 5.32 Å². The zero-order valence-electron chi connectivity index (χ0n) is 10.5. The molecule has 0 atom stereocenters. The lowest BCUT2D eigenvalue weighted by atomic mass is 9.92. The first-order valence-electron chi connectivity index (χ1n) is 5.46. The van der Waals surface area contributed by atoms with E-state index in [2.05, 4.69) is 14.1 Å². The number of nitrogens with one attached hydrogen (secondary N) is 1. The van der Waals surface area contributed by atoms with E-state index in [9.17, 15) is 4.79 Å². The molecule has 3 N–H and O–H groups in total. The summed E-state index contributed by atoms with van der Waals surface area (Å²) in [5.74, 6) is -0.372. The first kappa shape index (κ1) is 15.4. The Bertz CT molecular complexity index is 714. The maximum absolute atomic E-state index is 12.3. The van der Waals surface area contributed by atoms with Gasteiger partial charge >= 0.3 is 0 Å². The number of carbonyl (C=O) groups excluding carboxylic acids is 1. The summed E-state index contributed by atoms with van der Waals surface area (Å²) in [7, 11) is 0. The normalized spacial score (nSPS) is 11.6. The Balaban J connectivity index is 2.47. The number of hydrogen-bond donors (Lipinski definition) is 2. The van der Waals surface area contributed by atoms with E-state index in [4.69, 9.17) is 41.2 Å². The van der Waals surface area contributed by atoms with E-state index in [-0.39, 0.29) is 15.9 Å². The number of anilines is 1. The highest BCUT2D eigenvalue weighted by Crippen LogP contribution is 2.36. The quantitative estimate of drug-likeness (QED) is 0.832. The standard InChI is InChI=1S/C11H10Cl2N4OS2/c1-11(2,9(14)19)10(18)15-6-4(12)3-5(13)7-8(6)17-20-16-7/h3H,1-2H3,(H2,14,19)(H,15,18). The second kappa shape index (κ2) is 5.40. The maximum atomic E-state index is 12.3. The summed E-state index contributed by atoms with van der Waals surface area (Å²) in [6.45, 7) is 3.26. The van der Waals surface area contributed by atoms with Crippen molar-refractivity contribution in [2.24, 2.45) is 11.1 Å². The van der Waals surface area contributed by atoms with Crippen molar-refractivity contribution in [3.63, 3.8) is 0 Å². The highest BCUT2D eigenvalue weighted by Gasteiger charge is 2.32. The van der Waals surface area contributed by atoms with Gasteiger partial charge in [-0.05, 0) is 19.9 Å². The summed E-state index contributed by atoms with van der Waals surface area (Å²) in [6, 6.07) is 1.51. The lowest BCUT2D eigenvalue weighted by Gasteiger charge is -2.22. The summed E-state index contributed by atoms with van der Waals surface area (Å²) in [5.41, 5.74) is 5.85. The zero-order valence-corrected chi connectivity index (χ0v) is 13.7. The van der Waals surface area contributed by atoms with E-state index in [1.165, 1.54) is 6.07 Å². The topological polar surface area (TPSA) is 80.9 Å². The maximum Gasteiger partial charge on any atom is 0.236 e. The van der Waals surface area contributed by atoms with Gasteiger partial charge in [0.05, 0.1) is 37.9 Å². The number of rotatable bonds is 3. The molecule has 0 aliphatic rings. The molecule has 1 aromatic heterocycles. The molecule has 0 unspecified atom stereocenters. The fourth-order valence-electron chi connectivity index (χ4n) is 1.37. The van der Waals surface area contributed by atoms with Gasteiger partial charge in [0.2, 0.25) is 5.91 Å². The third kappa shape index (κ3) is 2.58. The Morgan fingerprint density at radius 1 is 1.35 bits per heavy atom. The van der Waals surface area contributed by atoms with Crippen LogP contribution in [-0.2, 0) is 4.79 Å². The zero-order chi connectivity index (χ0) is 15.1. The number of thiocarbonyl (C=S) groups is 1. The Morgan fingerprint density at radius 2 is 1.95 bits per heavy atom. The first-order chi connectivity index (χ1) is 9.25. The van der Waals surface area contributed by atoms with Gasteiger partial charge in [-0.1, -0.05) is 35.4 Å². The molecule has 0 radical (unpaired) electrons. The van der Waals surface area contributed by atoms with Crippen molar-refractivity contribution in [1.82, 2.24) is 8.75 Å². The highest BCUT2D eigenvalue weighted by molar-refractivity contribution is 7.80. The summed E-state index contributed by atoms with van der Waals surface area (Å²) in [5, 5.41) is 3.36. The molecule has 0 spiro atoms. The molecule has 2 aromatic rings. The average Bonchev–Trinajstić information content (AvgIpc) is 2.83. The molecular weight excluding hydrogens is 339 g/mol. The van der Waals surface area contributed by atoms with Crippen molar-refractivity contribution in [3.05, 3.63) is 16.1 Å². The van der Waals surface area contributed by atoms with Crippen LogP contribution in [0.5, 0.6) is 0 Å². The molecule has 0 saturated carbocycles. The molecule has 9 heteroatoms. The predicted octanol–water partition coefficient (Wildman–Crippen LogP) is 3.25. The van der Waals surface area contributed by atoms with E-state index in [0.717, 1.165) is 11.7 Å². The minimum absolute atomic E-state index is 0.0905. The fourth-order valence-corrected chi connectivity index (χ4v) is 2.63. The molecule has 1 amide bonds. The number of hydrogen-bond acceptors (Lipinski definition) is 5.